The molecule has 1 saturated heterocycles. The second-order valence-electron chi connectivity index (χ2n) is 4.91. The van der Waals surface area contributed by atoms with Gasteiger partial charge in [0.05, 0.1) is 0 Å². The van der Waals surface area contributed by atoms with Gasteiger partial charge in [0.25, 0.3) is 0 Å². The van der Waals surface area contributed by atoms with Gasteiger partial charge in [0.1, 0.15) is 0 Å². The van der Waals surface area contributed by atoms with Crippen molar-refractivity contribution in [1.82, 2.24) is 5.32 Å². The van der Waals surface area contributed by atoms with E-state index < -0.39 is 0 Å². The molecule has 1 heterocycles. The second kappa shape index (κ2) is 4.08. The molecule has 1 N–H and O–H groups in total. The summed E-state index contributed by atoms with van der Waals surface area (Å²) in [6.45, 7) is 9.20. The smallest absolute Gasteiger partial charge is 0.0164 e. The Kier molecular flexibility index (Phi) is 3.33. The molecule has 1 aliphatic heterocycles. The first-order valence-corrected chi connectivity index (χ1v) is 4.96. The minimum atomic E-state index is 0.449. The van der Waals surface area contributed by atoms with Gasteiger partial charge in [0.2, 0.25) is 0 Å². The Bertz CT molecular complexity index is 154. The second-order valence-corrected chi connectivity index (χ2v) is 4.91. The summed E-state index contributed by atoms with van der Waals surface area (Å²) in [5, 5.41) is 3.40. The molecule has 0 aromatic heterocycles. The highest BCUT2D eigenvalue weighted by Crippen LogP contribution is 2.21. The van der Waals surface area contributed by atoms with Crippen molar-refractivity contribution < 1.29 is 0 Å². The Morgan fingerprint density at radius 2 is 2.17 bits per heavy atom. The van der Waals surface area contributed by atoms with Crippen LogP contribution in [0.2, 0.25) is 0 Å². The van der Waals surface area contributed by atoms with Crippen molar-refractivity contribution in [2.45, 2.75) is 40.0 Å². The highest BCUT2D eigenvalue weighted by Gasteiger charge is 2.09. The molecule has 1 aliphatic rings. The van der Waals surface area contributed by atoms with Crippen LogP contribution in [0.25, 0.3) is 0 Å². The van der Waals surface area contributed by atoms with Crippen LogP contribution in [0.1, 0.15) is 40.0 Å². The van der Waals surface area contributed by atoms with Crippen LogP contribution in [0, 0.1) is 5.41 Å². The Hall–Kier alpha value is -0.300. The van der Waals surface area contributed by atoms with Crippen LogP contribution in [-0.2, 0) is 0 Å². The molecule has 0 aliphatic carbocycles. The lowest BCUT2D eigenvalue weighted by Gasteiger charge is -2.19. The zero-order chi connectivity index (χ0) is 9.03. The van der Waals surface area contributed by atoms with E-state index in [1.165, 1.54) is 25.8 Å². The van der Waals surface area contributed by atoms with E-state index in [2.05, 4.69) is 32.2 Å². The van der Waals surface area contributed by atoms with Gasteiger partial charge in [0, 0.05) is 6.54 Å². The fourth-order valence-electron chi connectivity index (χ4n) is 1.40. The van der Waals surface area contributed by atoms with Crippen molar-refractivity contribution in [2.24, 2.45) is 5.41 Å². The molecule has 0 atom stereocenters. The lowest BCUT2D eigenvalue weighted by atomic mass is 9.90. The van der Waals surface area contributed by atoms with Gasteiger partial charge in [-0.3, -0.25) is 0 Å². The number of rotatable bonds is 1. The zero-order valence-corrected chi connectivity index (χ0v) is 8.61. The lowest BCUT2D eigenvalue weighted by Crippen LogP contribution is -2.24. The minimum Gasteiger partial charge on any atom is -0.313 e. The van der Waals surface area contributed by atoms with Crippen molar-refractivity contribution in [3.8, 4) is 0 Å². The van der Waals surface area contributed by atoms with Crippen molar-refractivity contribution in [3.63, 3.8) is 0 Å². The summed E-state index contributed by atoms with van der Waals surface area (Å²) >= 11 is 0. The van der Waals surface area contributed by atoms with Crippen LogP contribution in [0.5, 0.6) is 0 Å². The van der Waals surface area contributed by atoms with E-state index in [0.29, 0.717) is 5.41 Å². The predicted octanol–water partition coefficient (Wildman–Crippen LogP) is 2.73. The molecular weight excluding hydrogens is 146 g/mol. The van der Waals surface area contributed by atoms with E-state index >= 15 is 0 Å². The van der Waals surface area contributed by atoms with E-state index in [1.807, 2.05) is 0 Å². The van der Waals surface area contributed by atoms with Crippen LogP contribution in [0.3, 0.4) is 0 Å². The van der Waals surface area contributed by atoms with Gasteiger partial charge in [-0.05, 0) is 31.2 Å². The Labute approximate surface area is 76.2 Å². The normalized spacial score (nSPS) is 23.1. The predicted molar refractivity (Wildman–Crippen MR) is 54.3 cm³/mol. The largest absolute Gasteiger partial charge is 0.313 e. The van der Waals surface area contributed by atoms with Gasteiger partial charge < -0.3 is 5.32 Å². The number of allylic oxidation sites excluding steroid dienone is 1. The van der Waals surface area contributed by atoms with E-state index in [0.717, 1.165) is 6.54 Å². The quantitative estimate of drug-likeness (QED) is 0.592. The van der Waals surface area contributed by atoms with Gasteiger partial charge in [-0.2, -0.15) is 0 Å². The number of nitrogens with one attached hydrogen (secondary N) is 1. The summed E-state index contributed by atoms with van der Waals surface area (Å²) < 4.78 is 0. The molecule has 1 fully saturated rings. The van der Waals surface area contributed by atoms with E-state index in [4.69, 9.17) is 0 Å². The topological polar surface area (TPSA) is 12.0 Å². The van der Waals surface area contributed by atoms with E-state index in [1.54, 1.807) is 5.57 Å². The molecule has 0 spiro atoms. The maximum absolute atomic E-state index is 3.40. The van der Waals surface area contributed by atoms with Gasteiger partial charge in [-0.25, -0.2) is 0 Å². The fraction of sp³-hybridized carbons (Fsp3) is 0.818. The summed E-state index contributed by atoms with van der Waals surface area (Å²) in [7, 11) is 0. The third-order valence-corrected chi connectivity index (χ3v) is 2.21. The monoisotopic (exact) mass is 167 g/mol. The fourth-order valence-corrected chi connectivity index (χ4v) is 1.40. The molecule has 0 radical (unpaired) electrons. The highest BCUT2D eigenvalue weighted by atomic mass is 14.9. The van der Waals surface area contributed by atoms with Crippen molar-refractivity contribution in [2.75, 3.05) is 13.1 Å². The van der Waals surface area contributed by atoms with Crippen LogP contribution >= 0.6 is 0 Å². The molecule has 12 heavy (non-hydrogen) atoms. The van der Waals surface area contributed by atoms with Crippen LogP contribution in [0.15, 0.2) is 11.6 Å². The molecule has 0 bridgehead atoms. The maximum atomic E-state index is 3.40. The van der Waals surface area contributed by atoms with Crippen LogP contribution in [0.4, 0.5) is 0 Å². The molecular formula is C11H21N. The van der Waals surface area contributed by atoms with E-state index in [9.17, 15) is 0 Å². The molecule has 0 saturated carbocycles. The van der Waals surface area contributed by atoms with Crippen LogP contribution < -0.4 is 5.32 Å². The SMILES string of the molecule is CC(C)(C)CC=C1CCCNC1. The summed E-state index contributed by atoms with van der Waals surface area (Å²) in [5.74, 6) is 0. The van der Waals surface area contributed by atoms with Crippen LogP contribution in [-0.4, -0.2) is 13.1 Å². The first-order valence-electron chi connectivity index (χ1n) is 4.96. The molecule has 1 nitrogen and oxygen atoms in total. The number of piperidine rings is 1. The standard InChI is InChI=1S/C11H21N/c1-11(2,3)7-6-10-5-4-8-12-9-10/h6,12H,4-5,7-9H2,1-3H3. The third kappa shape index (κ3) is 3.91. The Balaban J connectivity index is 2.35. The molecule has 1 rings (SSSR count). The lowest BCUT2D eigenvalue weighted by molar-refractivity contribution is 0.417. The summed E-state index contributed by atoms with van der Waals surface area (Å²) in [6.07, 6.45) is 6.26. The molecule has 0 aromatic rings. The third-order valence-electron chi connectivity index (χ3n) is 2.21. The van der Waals surface area contributed by atoms with Crippen molar-refractivity contribution in [3.05, 3.63) is 11.6 Å². The zero-order valence-electron chi connectivity index (χ0n) is 8.61. The first-order chi connectivity index (χ1) is 5.58. The van der Waals surface area contributed by atoms with Gasteiger partial charge >= 0.3 is 0 Å². The summed E-state index contributed by atoms with van der Waals surface area (Å²) in [4.78, 5) is 0. The summed E-state index contributed by atoms with van der Waals surface area (Å²) in [6, 6.07) is 0. The van der Waals surface area contributed by atoms with Gasteiger partial charge in [-0.1, -0.05) is 32.4 Å². The van der Waals surface area contributed by atoms with Gasteiger partial charge in [-0.15, -0.1) is 0 Å². The maximum Gasteiger partial charge on any atom is 0.0164 e. The molecule has 0 amide bonds. The Morgan fingerprint density at radius 1 is 1.42 bits per heavy atom. The summed E-state index contributed by atoms with van der Waals surface area (Å²) in [5.41, 5.74) is 2.06. The van der Waals surface area contributed by atoms with Crippen molar-refractivity contribution >= 4 is 0 Å². The van der Waals surface area contributed by atoms with Crippen molar-refractivity contribution in [1.29, 1.82) is 0 Å². The first kappa shape index (κ1) is 9.79. The Morgan fingerprint density at radius 3 is 2.67 bits per heavy atom. The average molecular weight is 167 g/mol. The van der Waals surface area contributed by atoms with E-state index in [-0.39, 0.29) is 0 Å². The molecule has 0 aromatic carbocycles. The number of hydrogen-bond acceptors (Lipinski definition) is 1. The molecule has 1 heteroatoms. The van der Waals surface area contributed by atoms with Gasteiger partial charge in [0.15, 0.2) is 0 Å². The average Bonchev–Trinajstić information content (AvgIpc) is 2.02. The highest BCUT2D eigenvalue weighted by molar-refractivity contribution is 5.07. The number of hydrogen-bond donors (Lipinski definition) is 1. The molecule has 70 valence electrons. The minimum absolute atomic E-state index is 0.449. The molecule has 0 unspecified atom stereocenters.